The van der Waals surface area contributed by atoms with Gasteiger partial charge in [-0.1, -0.05) is 12.1 Å². The van der Waals surface area contributed by atoms with Crippen LogP contribution in [0.15, 0.2) is 42.5 Å². The number of nitrogens with one attached hydrogen (secondary N) is 1. The van der Waals surface area contributed by atoms with E-state index in [-0.39, 0.29) is 23.4 Å². The second kappa shape index (κ2) is 5.48. The largest absolute Gasteiger partial charge is 0.378 e. The van der Waals surface area contributed by atoms with Gasteiger partial charge in [-0.3, -0.25) is 4.79 Å². The lowest BCUT2D eigenvalue weighted by atomic mass is 10.1. The van der Waals surface area contributed by atoms with E-state index in [0.29, 0.717) is 0 Å². The Hall–Kier alpha value is -2.43. The summed E-state index contributed by atoms with van der Waals surface area (Å²) in [5, 5.41) is 2.77. The van der Waals surface area contributed by atoms with Gasteiger partial charge in [0.15, 0.2) is 0 Å². The van der Waals surface area contributed by atoms with Crippen molar-refractivity contribution in [1.82, 2.24) is 0 Å². The first kappa shape index (κ1) is 13.0. The highest BCUT2D eigenvalue weighted by Crippen LogP contribution is 2.16. The zero-order chi connectivity index (χ0) is 13.8. The molecular formula is C14H12F2N2O. The lowest BCUT2D eigenvalue weighted by Crippen LogP contribution is -2.12. The lowest BCUT2D eigenvalue weighted by Gasteiger charge is -2.09. The Morgan fingerprint density at radius 3 is 2.53 bits per heavy atom. The number of rotatable bonds is 4. The number of primary amides is 1. The third-order valence-electron chi connectivity index (χ3n) is 2.67. The second-order valence-electron chi connectivity index (χ2n) is 4.00. The molecule has 0 saturated carbocycles. The molecule has 5 heteroatoms. The van der Waals surface area contributed by atoms with Crippen molar-refractivity contribution in [1.29, 1.82) is 0 Å². The standard InChI is InChI=1S/C14H12F2N2O/c15-11-6-5-9(14(17)19)7-10(11)8-18-13-4-2-1-3-12(13)16/h1-7,18H,8H2,(H2,17,19). The maximum atomic E-state index is 13.6. The Labute approximate surface area is 109 Å². The maximum Gasteiger partial charge on any atom is 0.248 e. The van der Waals surface area contributed by atoms with Crippen molar-refractivity contribution >= 4 is 11.6 Å². The van der Waals surface area contributed by atoms with Crippen LogP contribution in [0.3, 0.4) is 0 Å². The van der Waals surface area contributed by atoms with E-state index in [1.807, 2.05) is 0 Å². The number of para-hydroxylation sites is 1. The number of carbonyl (C=O) groups excluding carboxylic acids is 1. The Balaban J connectivity index is 2.17. The molecule has 19 heavy (non-hydrogen) atoms. The molecule has 0 bridgehead atoms. The van der Waals surface area contributed by atoms with Gasteiger partial charge in [0.1, 0.15) is 11.6 Å². The van der Waals surface area contributed by atoms with E-state index < -0.39 is 17.5 Å². The first-order valence-corrected chi connectivity index (χ1v) is 5.64. The monoisotopic (exact) mass is 262 g/mol. The Kier molecular flexibility index (Phi) is 3.75. The zero-order valence-corrected chi connectivity index (χ0v) is 9.99. The summed E-state index contributed by atoms with van der Waals surface area (Å²) in [6, 6.07) is 9.91. The summed E-state index contributed by atoms with van der Waals surface area (Å²) >= 11 is 0. The lowest BCUT2D eigenvalue weighted by molar-refractivity contribution is 0.1000. The molecule has 0 aromatic heterocycles. The molecule has 0 radical (unpaired) electrons. The van der Waals surface area contributed by atoms with Gasteiger partial charge in [-0.15, -0.1) is 0 Å². The summed E-state index contributed by atoms with van der Waals surface area (Å²) in [7, 11) is 0. The van der Waals surface area contributed by atoms with E-state index in [0.717, 1.165) is 0 Å². The van der Waals surface area contributed by atoms with Crippen LogP contribution in [-0.2, 0) is 6.54 Å². The van der Waals surface area contributed by atoms with Crippen molar-refractivity contribution in [2.45, 2.75) is 6.54 Å². The molecule has 2 aromatic carbocycles. The van der Waals surface area contributed by atoms with Crippen LogP contribution in [0.25, 0.3) is 0 Å². The molecule has 2 aromatic rings. The summed E-state index contributed by atoms with van der Waals surface area (Å²) in [5.74, 6) is -1.53. The van der Waals surface area contributed by atoms with E-state index in [9.17, 15) is 13.6 Å². The number of nitrogens with two attached hydrogens (primary N) is 1. The molecule has 2 rings (SSSR count). The molecule has 3 N–H and O–H groups in total. The molecule has 0 heterocycles. The normalized spacial score (nSPS) is 10.2. The number of anilines is 1. The number of amides is 1. The number of halogens is 2. The fraction of sp³-hybridized carbons (Fsp3) is 0.0714. The van der Waals surface area contributed by atoms with E-state index in [2.05, 4.69) is 5.32 Å². The molecule has 0 aliphatic rings. The molecule has 0 aliphatic carbocycles. The Morgan fingerprint density at radius 1 is 1.11 bits per heavy atom. The first-order chi connectivity index (χ1) is 9.08. The highest BCUT2D eigenvalue weighted by molar-refractivity contribution is 5.92. The fourth-order valence-corrected chi connectivity index (χ4v) is 1.66. The quantitative estimate of drug-likeness (QED) is 0.890. The average molecular weight is 262 g/mol. The minimum absolute atomic E-state index is 0.0634. The smallest absolute Gasteiger partial charge is 0.248 e. The predicted octanol–water partition coefficient (Wildman–Crippen LogP) is 2.68. The number of carbonyl (C=O) groups is 1. The van der Waals surface area contributed by atoms with Gasteiger partial charge >= 0.3 is 0 Å². The van der Waals surface area contributed by atoms with Crippen LogP contribution in [0.4, 0.5) is 14.5 Å². The molecule has 3 nitrogen and oxygen atoms in total. The molecule has 0 fully saturated rings. The van der Waals surface area contributed by atoms with Gasteiger partial charge in [0.25, 0.3) is 0 Å². The summed E-state index contributed by atoms with van der Waals surface area (Å²) in [6.45, 7) is 0.0634. The van der Waals surface area contributed by atoms with Gasteiger partial charge in [0, 0.05) is 17.7 Å². The highest BCUT2D eigenvalue weighted by atomic mass is 19.1. The molecule has 0 saturated heterocycles. The first-order valence-electron chi connectivity index (χ1n) is 5.64. The van der Waals surface area contributed by atoms with Gasteiger partial charge in [-0.25, -0.2) is 8.78 Å². The van der Waals surface area contributed by atoms with Crippen LogP contribution >= 0.6 is 0 Å². The average Bonchev–Trinajstić information content (AvgIpc) is 2.39. The van der Waals surface area contributed by atoms with Crippen LogP contribution in [0.2, 0.25) is 0 Å². The van der Waals surface area contributed by atoms with E-state index in [1.54, 1.807) is 18.2 Å². The van der Waals surface area contributed by atoms with Gasteiger partial charge in [0.05, 0.1) is 5.69 Å². The van der Waals surface area contributed by atoms with Gasteiger partial charge < -0.3 is 11.1 Å². The Morgan fingerprint density at radius 2 is 1.84 bits per heavy atom. The van der Waals surface area contributed by atoms with Gasteiger partial charge in [-0.05, 0) is 30.3 Å². The van der Waals surface area contributed by atoms with E-state index in [4.69, 9.17) is 5.73 Å². The molecule has 0 unspecified atom stereocenters. The summed E-state index contributed by atoms with van der Waals surface area (Å²) in [6.07, 6.45) is 0. The van der Waals surface area contributed by atoms with Crippen LogP contribution < -0.4 is 11.1 Å². The van der Waals surface area contributed by atoms with Gasteiger partial charge in [0.2, 0.25) is 5.91 Å². The fourth-order valence-electron chi connectivity index (χ4n) is 1.66. The summed E-state index contributed by atoms with van der Waals surface area (Å²) in [5.41, 5.74) is 5.86. The minimum atomic E-state index is -0.632. The number of hydrogen-bond donors (Lipinski definition) is 2. The van der Waals surface area contributed by atoms with Gasteiger partial charge in [-0.2, -0.15) is 0 Å². The topological polar surface area (TPSA) is 55.1 Å². The molecule has 0 spiro atoms. The molecule has 0 atom stereocenters. The third-order valence-corrected chi connectivity index (χ3v) is 2.67. The van der Waals surface area contributed by atoms with Crippen molar-refractivity contribution < 1.29 is 13.6 Å². The molecular weight excluding hydrogens is 250 g/mol. The molecule has 0 aliphatic heterocycles. The van der Waals surface area contributed by atoms with Crippen molar-refractivity contribution in [3.8, 4) is 0 Å². The van der Waals surface area contributed by atoms with Crippen LogP contribution in [-0.4, -0.2) is 5.91 Å². The summed E-state index contributed by atoms with van der Waals surface area (Å²) < 4.78 is 26.9. The highest BCUT2D eigenvalue weighted by Gasteiger charge is 2.08. The molecule has 98 valence electrons. The van der Waals surface area contributed by atoms with Crippen LogP contribution in [0, 0.1) is 11.6 Å². The number of hydrogen-bond acceptors (Lipinski definition) is 2. The van der Waals surface area contributed by atoms with Crippen molar-refractivity contribution in [3.05, 3.63) is 65.2 Å². The zero-order valence-electron chi connectivity index (χ0n) is 9.99. The minimum Gasteiger partial charge on any atom is -0.378 e. The predicted molar refractivity (Wildman–Crippen MR) is 68.6 cm³/mol. The van der Waals surface area contributed by atoms with E-state index in [1.165, 1.54) is 24.3 Å². The number of benzene rings is 2. The molecule has 1 amide bonds. The maximum absolute atomic E-state index is 13.6. The van der Waals surface area contributed by atoms with E-state index >= 15 is 0 Å². The van der Waals surface area contributed by atoms with Crippen molar-refractivity contribution in [2.24, 2.45) is 5.73 Å². The third kappa shape index (κ3) is 3.07. The van der Waals surface area contributed by atoms with Crippen LogP contribution in [0.1, 0.15) is 15.9 Å². The summed E-state index contributed by atoms with van der Waals surface area (Å²) in [4.78, 5) is 11.0. The second-order valence-corrected chi connectivity index (χ2v) is 4.00. The van der Waals surface area contributed by atoms with Crippen molar-refractivity contribution in [2.75, 3.05) is 5.32 Å². The van der Waals surface area contributed by atoms with Crippen LogP contribution in [0.5, 0.6) is 0 Å². The SMILES string of the molecule is NC(=O)c1ccc(F)c(CNc2ccccc2F)c1. The van der Waals surface area contributed by atoms with Crippen molar-refractivity contribution in [3.63, 3.8) is 0 Å². The Bertz CT molecular complexity index is 614.